The zero-order chi connectivity index (χ0) is 19.6. The van der Waals surface area contributed by atoms with Gasteiger partial charge in [0, 0.05) is 38.8 Å². The highest BCUT2D eigenvalue weighted by atomic mass is 16.5. The summed E-state index contributed by atoms with van der Waals surface area (Å²) in [6, 6.07) is 9.68. The third kappa shape index (κ3) is 7.13. The molecule has 0 bridgehead atoms. The predicted molar refractivity (Wildman–Crippen MR) is 108 cm³/mol. The Bertz CT molecular complexity index is 611. The molecular weight excluding hydrogens is 356 g/mol. The normalized spacial score (nSPS) is 19.1. The van der Waals surface area contributed by atoms with Gasteiger partial charge in [0.15, 0.2) is 0 Å². The van der Waals surface area contributed by atoms with Crippen LogP contribution in [0.1, 0.15) is 32.1 Å². The van der Waals surface area contributed by atoms with E-state index in [1.54, 1.807) is 0 Å². The summed E-state index contributed by atoms with van der Waals surface area (Å²) in [4.78, 5) is 28.5. The van der Waals surface area contributed by atoms with Gasteiger partial charge in [-0.1, -0.05) is 37.5 Å². The second-order valence-corrected chi connectivity index (χ2v) is 7.64. The first-order valence-corrected chi connectivity index (χ1v) is 10.4. The lowest BCUT2D eigenvalue weighted by Gasteiger charge is -2.34. The molecule has 0 aromatic heterocycles. The molecule has 3 rings (SSSR count). The summed E-state index contributed by atoms with van der Waals surface area (Å²) in [6.45, 7) is 5.25. The lowest BCUT2D eigenvalue weighted by molar-refractivity contribution is -0.121. The molecule has 1 aliphatic carbocycles. The van der Waals surface area contributed by atoms with E-state index in [1.807, 2.05) is 30.3 Å². The van der Waals surface area contributed by atoms with E-state index in [1.165, 1.54) is 6.42 Å². The van der Waals surface area contributed by atoms with Crippen LogP contribution in [0.3, 0.4) is 0 Å². The number of nitrogens with one attached hydrogen (secondary N) is 2. The number of piperazine rings is 1. The van der Waals surface area contributed by atoms with Gasteiger partial charge in [0.25, 0.3) is 0 Å². The van der Waals surface area contributed by atoms with Gasteiger partial charge in [0.1, 0.15) is 12.4 Å². The summed E-state index contributed by atoms with van der Waals surface area (Å²) in [6.07, 6.45) is 5.57. The van der Waals surface area contributed by atoms with Crippen molar-refractivity contribution >= 4 is 11.9 Å². The number of carbonyl (C=O) groups excluding carboxylic acids is 2. The number of rotatable bonds is 7. The van der Waals surface area contributed by atoms with Gasteiger partial charge in [-0.3, -0.25) is 19.9 Å². The molecule has 7 heteroatoms. The summed E-state index contributed by atoms with van der Waals surface area (Å²) < 4.78 is 5.74. The fraction of sp³-hybridized carbons (Fsp3) is 0.619. The van der Waals surface area contributed by atoms with E-state index < -0.39 is 0 Å². The van der Waals surface area contributed by atoms with Gasteiger partial charge < -0.3 is 10.1 Å². The summed E-state index contributed by atoms with van der Waals surface area (Å²) in [5.41, 5.74) is 0. The first-order valence-electron chi connectivity index (χ1n) is 10.4. The molecule has 0 unspecified atom stereocenters. The first kappa shape index (κ1) is 20.6. The van der Waals surface area contributed by atoms with Crippen molar-refractivity contribution in [3.8, 4) is 5.75 Å². The van der Waals surface area contributed by atoms with Gasteiger partial charge in [-0.15, -0.1) is 0 Å². The van der Waals surface area contributed by atoms with Crippen molar-refractivity contribution in [3.05, 3.63) is 30.3 Å². The van der Waals surface area contributed by atoms with Crippen molar-refractivity contribution in [1.82, 2.24) is 20.4 Å². The maximum Gasteiger partial charge on any atom is 0.321 e. The lowest BCUT2D eigenvalue weighted by atomic mass is 9.96. The van der Waals surface area contributed by atoms with Crippen LogP contribution in [0, 0.1) is 0 Å². The quantitative estimate of drug-likeness (QED) is 0.746. The Kier molecular flexibility index (Phi) is 8.11. The molecule has 1 aromatic rings. The SMILES string of the molecule is O=C(CN1CCN(CCOc2ccccc2)CC1)NC(=O)NC1CCCCC1. The van der Waals surface area contributed by atoms with Crippen molar-refractivity contribution in [2.75, 3.05) is 45.9 Å². The Morgan fingerprint density at radius 2 is 1.64 bits per heavy atom. The molecule has 0 radical (unpaired) electrons. The Labute approximate surface area is 167 Å². The average molecular weight is 389 g/mol. The highest BCUT2D eigenvalue weighted by molar-refractivity contribution is 5.95. The van der Waals surface area contributed by atoms with Crippen LogP contribution in [0.4, 0.5) is 4.79 Å². The van der Waals surface area contributed by atoms with Crippen LogP contribution in [-0.4, -0.2) is 73.7 Å². The van der Waals surface area contributed by atoms with Crippen LogP contribution >= 0.6 is 0 Å². The minimum Gasteiger partial charge on any atom is -0.492 e. The van der Waals surface area contributed by atoms with Crippen molar-refractivity contribution in [3.63, 3.8) is 0 Å². The lowest BCUT2D eigenvalue weighted by Crippen LogP contribution is -2.52. The maximum absolute atomic E-state index is 12.1. The molecule has 0 spiro atoms. The monoisotopic (exact) mass is 388 g/mol. The minimum absolute atomic E-state index is 0.211. The molecule has 2 fully saturated rings. The van der Waals surface area contributed by atoms with Crippen LogP contribution in [0.25, 0.3) is 0 Å². The third-order valence-electron chi connectivity index (χ3n) is 5.44. The van der Waals surface area contributed by atoms with Crippen LogP contribution in [-0.2, 0) is 4.79 Å². The molecule has 1 heterocycles. The number of amides is 3. The molecule has 28 heavy (non-hydrogen) atoms. The molecule has 2 aliphatic rings. The molecule has 2 N–H and O–H groups in total. The van der Waals surface area contributed by atoms with Crippen molar-refractivity contribution in [1.29, 1.82) is 0 Å². The predicted octanol–water partition coefficient (Wildman–Crippen LogP) is 1.84. The van der Waals surface area contributed by atoms with Gasteiger partial charge >= 0.3 is 6.03 Å². The fourth-order valence-electron chi connectivity index (χ4n) is 3.82. The number of para-hydroxylation sites is 1. The number of hydrogen-bond donors (Lipinski definition) is 2. The summed E-state index contributed by atoms with van der Waals surface area (Å²) in [5.74, 6) is 0.665. The van der Waals surface area contributed by atoms with E-state index in [4.69, 9.17) is 4.74 Å². The first-order chi connectivity index (χ1) is 13.7. The Morgan fingerprint density at radius 3 is 2.36 bits per heavy atom. The highest BCUT2D eigenvalue weighted by Gasteiger charge is 2.21. The summed E-state index contributed by atoms with van der Waals surface area (Å²) in [7, 11) is 0. The zero-order valence-electron chi connectivity index (χ0n) is 16.6. The highest BCUT2D eigenvalue weighted by Crippen LogP contribution is 2.17. The molecule has 1 saturated heterocycles. The molecule has 1 aromatic carbocycles. The topological polar surface area (TPSA) is 73.9 Å². The third-order valence-corrected chi connectivity index (χ3v) is 5.44. The molecule has 3 amide bonds. The number of hydrogen-bond acceptors (Lipinski definition) is 5. The van der Waals surface area contributed by atoms with Gasteiger partial charge in [-0.2, -0.15) is 0 Å². The molecular formula is C21H32N4O3. The molecule has 154 valence electrons. The smallest absolute Gasteiger partial charge is 0.321 e. The van der Waals surface area contributed by atoms with Crippen molar-refractivity contribution in [2.45, 2.75) is 38.1 Å². The van der Waals surface area contributed by atoms with Crippen LogP contribution < -0.4 is 15.4 Å². The Balaban J connectivity index is 1.27. The summed E-state index contributed by atoms with van der Waals surface area (Å²) >= 11 is 0. The van der Waals surface area contributed by atoms with E-state index in [0.717, 1.165) is 64.2 Å². The molecule has 1 aliphatic heterocycles. The number of carbonyl (C=O) groups is 2. The van der Waals surface area contributed by atoms with Crippen molar-refractivity contribution < 1.29 is 14.3 Å². The maximum atomic E-state index is 12.1. The molecule has 7 nitrogen and oxygen atoms in total. The van der Waals surface area contributed by atoms with Crippen LogP contribution in [0.15, 0.2) is 30.3 Å². The van der Waals surface area contributed by atoms with E-state index in [2.05, 4.69) is 20.4 Å². The van der Waals surface area contributed by atoms with Gasteiger partial charge in [0.05, 0.1) is 6.54 Å². The van der Waals surface area contributed by atoms with E-state index in [9.17, 15) is 9.59 Å². The van der Waals surface area contributed by atoms with E-state index >= 15 is 0 Å². The number of nitrogens with zero attached hydrogens (tertiary/aromatic N) is 2. The van der Waals surface area contributed by atoms with E-state index in [0.29, 0.717) is 6.61 Å². The zero-order valence-corrected chi connectivity index (χ0v) is 16.6. The van der Waals surface area contributed by atoms with E-state index in [-0.39, 0.29) is 24.5 Å². The second-order valence-electron chi connectivity index (χ2n) is 7.64. The van der Waals surface area contributed by atoms with Gasteiger partial charge in [-0.25, -0.2) is 4.79 Å². The largest absolute Gasteiger partial charge is 0.492 e. The number of ether oxygens (including phenoxy) is 1. The summed E-state index contributed by atoms with van der Waals surface area (Å²) in [5, 5.41) is 5.39. The second kappa shape index (κ2) is 11.0. The average Bonchev–Trinajstić information content (AvgIpc) is 2.71. The fourth-order valence-corrected chi connectivity index (χ4v) is 3.82. The molecule has 1 saturated carbocycles. The van der Waals surface area contributed by atoms with Gasteiger partial charge in [-0.05, 0) is 25.0 Å². The number of imide groups is 1. The van der Waals surface area contributed by atoms with Crippen molar-refractivity contribution in [2.24, 2.45) is 0 Å². The number of benzene rings is 1. The molecule has 0 atom stereocenters. The number of urea groups is 1. The Morgan fingerprint density at radius 1 is 0.964 bits per heavy atom. The Hall–Kier alpha value is -2.12. The minimum atomic E-state index is -0.353. The van der Waals surface area contributed by atoms with Gasteiger partial charge in [0.2, 0.25) is 5.91 Å². The standard InChI is InChI=1S/C21H32N4O3/c26-20(23-21(27)22-18-7-3-1-4-8-18)17-25-13-11-24(12-14-25)15-16-28-19-9-5-2-6-10-19/h2,5-6,9-10,18H,1,3-4,7-8,11-17H2,(H2,22,23,26,27). The van der Waals surface area contributed by atoms with Crippen LogP contribution in [0.5, 0.6) is 5.75 Å². The van der Waals surface area contributed by atoms with Crippen LogP contribution in [0.2, 0.25) is 0 Å².